The molecule has 1 unspecified atom stereocenters. The lowest BCUT2D eigenvalue weighted by Gasteiger charge is -2.23. The molecular weight excluding hydrogens is 256 g/mol. The van der Waals surface area contributed by atoms with E-state index >= 15 is 0 Å². The summed E-state index contributed by atoms with van der Waals surface area (Å²) in [6, 6.07) is 6.19. The van der Waals surface area contributed by atoms with Gasteiger partial charge < -0.3 is 10.4 Å². The topological polar surface area (TPSA) is 69.6 Å². The highest BCUT2D eigenvalue weighted by molar-refractivity contribution is 6.01. The molecule has 0 saturated heterocycles. The first-order chi connectivity index (χ1) is 9.50. The Kier molecular flexibility index (Phi) is 4.27. The summed E-state index contributed by atoms with van der Waals surface area (Å²) in [7, 11) is 0. The Labute approximate surface area is 118 Å². The van der Waals surface area contributed by atoms with Crippen molar-refractivity contribution in [3.05, 3.63) is 29.8 Å². The molecule has 0 radical (unpaired) electrons. The van der Waals surface area contributed by atoms with Gasteiger partial charge in [-0.15, -0.1) is 0 Å². The minimum absolute atomic E-state index is 0.331. The van der Waals surface area contributed by atoms with Crippen molar-refractivity contribution in [3.63, 3.8) is 0 Å². The zero-order valence-electron chi connectivity index (χ0n) is 11.8. The zero-order chi connectivity index (χ0) is 14.7. The van der Waals surface area contributed by atoms with Crippen LogP contribution >= 0.6 is 0 Å². The van der Waals surface area contributed by atoms with E-state index < -0.39 is 12.0 Å². The van der Waals surface area contributed by atoms with Crippen LogP contribution in [0.25, 0.3) is 0 Å². The first kappa shape index (κ1) is 14.4. The average molecular weight is 276 g/mol. The van der Waals surface area contributed by atoms with E-state index in [1.54, 1.807) is 6.07 Å². The van der Waals surface area contributed by atoms with Gasteiger partial charge in [0.05, 0.1) is 0 Å². The van der Waals surface area contributed by atoms with Gasteiger partial charge in [0.15, 0.2) is 0 Å². The molecule has 5 nitrogen and oxygen atoms in total. The fourth-order valence-electron chi connectivity index (χ4n) is 2.39. The number of carboxylic acid groups (broad SMARTS) is 1. The average Bonchev–Trinajstić information content (AvgIpc) is 2.77. The fraction of sp³-hybridized carbons (Fsp3) is 0.467. The lowest BCUT2D eigenvalue weighted by atomic mass is 10.1. The number of para-hydroxylation sites is 1. The molecule has 108 valence electrons. The number of aliphatic carboxylic acids is 1. The van der Waals surface area contributed by atoms with Gasteiger partial charge in [0.2, 0.25) is 0 Å². The molecule has 1 aliphatic rings. The number of fused-ring (bicyclic) bond motifs is 1. The number of carboxylic acids is 1. The minimum Gasteiger partial charge on any atom is -0.480 e. The highest BCUT2D eigenvalue weighted by atomic mass is 16.4. The maximum absolute atomic E-state index is 12.3. The Morgan fingerprint density at radius 3 is 2.75 bits per heavy atom. The van der Waals surface area contributed by atoms with Crippen molar-refractivity contribution in [3.8, 4) is 0 Å². The van der Waals surface area contributed by atoms with Crippen LogP contribution in [0.1, 0.15) is 25.8 Å². The zero-order valence-corrected chi connectivity index (χ0v) is 11.8. The highest BCUT2D eigenvalue weighted by Crippen LogP contribution is 2.32. The second kappa shape index (κ2) is 5.94. The predicted molar refractivity (Wildman–Crippen MR) is 76.9 cm³/mol. The van der Waals surface area contributed by atoms with E-state index in [-0.39, 0.29) is 6.03 Å². The molecule has 1 atom stereocenters. The summed E-state index contributed by atoms with van der Waals surface area (Å²) in [4.78, 5) is 25.0. The first-order valence-electron chi connectivity index (χ1n) is 6.88. The van der Waals surface area contributed by atoms with Gasteiger partial charge in [-0.1, -0.05) is 32.0 Å². The number of carbonyl (C=O) groups is 2. The number of anilines is 1. The van der Waals surface area contributed by atoms with Crippen molar-refractivity contribution in [2.24, 2.45) is 5.92 Å². The van der Waals surface area contributed by atoms with Crippen LogP contribution < -0.4 is 10.2 Å². The summed E-state index contributed by atoms with van der Waals surface area (Å²) in [6.07, 6.45) is 1.24. The van der Waals surface area contributed by atoms with Gasteiger partial charge in [0.1, 0.15) is 6.04 Å². The van der Waals surface area contributed by atoms with E-state index in [9.17, 15) is 14.7 Å². The standard InChI is InChI=1S/C15H20N2O3/c1-10(2)7-8-16-15(20)17-12-6-4-3-5-11(12)9-13(17)14(18)19/h3-6,10,13H,7-9H2,1-2H3,(H,16,20)(H,18,19). The Hall–Kier alpha value is -2.04. The first-order valence-corrected chi connectivity index (χ1v) is 6.88. The molecule has 20 heavy (non-hydrogen) atoms. The number of rotatable bonds is 4. The molecule has 2 rings (SSSR count). The third-order valence-corrected chi connectivity index (χ3v) is 3.48. The van der Waals surface area contributed by atoms with Crippen LogP contribution in [0, 0.1) is 5.92 Å². The van der Waals surface area contributed by atoms with Crippen LogP contribution in [0.3, 0.4) is 0 Å². The number of nitrogens with zero attached hydrogens (tertiary/aromatic N) is 1. The molecule has 1 aromatic rings. The van der Waals surface area contributed by atoms with Crippen LogP contribution in [0.4, 0.5) is 10.5 Å². The number of benzene rings is 1. The molecule has 5 heteroatoms. The Bertz CT molecular complexity index is 514. The number of nitrogens with one attached hydrogen (secondary N) is 1. The summed E-state index contributed by atoms with van der Waals surface area (Å²) >= 11 is 0. The van der Waals surface area contributed by atoms with Crippen LogP contribution in [0.15, 0.2) is 24.3 Å². The van der Waals surface area contributed by atoms with Crippen LogP contribution in [0.5, 0.6) is 0 Å². The maximum atomic E-state index is 12.3. The van der Waals surface area contributed by atoms with Gasteiger partial charge in [0, 0.05) is 18.7 Å². The van der Waals surface area contributed by atoms with E-state index in [0.29, 0.717) is 24.6 Å². The molecule has 0 aromatic heterocycles. The van der Waals surface area contributed by atoms with Crippen molar-refractivity contribution in [1.29, 1.82) is 0 Å². The molecule has 0 saturated carbocycles. The van der Waals surface area contributed by atoms with Gasteiger partial charge in [-0.05, 0) is 24.0 Å². The van der Waals surface area contributed by atoms with Gasteiger partial charge in [0.25, 0.3) is 0 Å². The number of hydrogen-bond donors (Lipinski definition) is 2. The minimum atomic E-state index is -0.972. The summed E-state index contributed by atoms with van der Waals surface area (Å²) < 4.78 is 0. The molecule has 0 aliphatic carbocycles. The molecule has 1 aromatic carbocycles. The van der Waals surface area contributed by atoms with Crippen molar-refractivity contribution >= 4 is 17.7 Å². The number of amides is 2. The molecule has 0 fully saturated rings. The summed E-state index contributed by atoms with van der Waals surface area (Å²) in [6.45, 7) is 4.72. The second-order valence-corrected chi connectivity index (χ2v) is 5.47. The van der Waals surface area contributed by atoms with Crippen molar-refractivity contribution in [1.82, 2.24) is 5.32 Å². The third kappa shape index (κ3) is 2.92. The van der Waals surface area contributed by atoms with E-state index in [0.717, 1.165) is 12.0 Å². The third-order valence-electron chi connectivity index (χ3n) is 3.48. The molecule has 2 amide bonds. The maximum Gasteiger partial charge on any atom is 0.327 e. The predicted octanol–water partition coefficient (Wildman–Crippen LogP) is 2.26. The Balaban J connectivity index is 2.14. The van der Waals surface area contributed by atoms with Crippen LogP contribution in [0.2, 0.25) is 0 Å². The normalized spacial score (nSPS) is 17.1. The summed E-state index contributed by atoms with van der Waals surface area (Å²) in [5.41, 5.74) is 1.60. The quantitative estimate of drug-likeness (QED) is 0.886. The largest absolute Gasteiger partial charge is 0.480 e. The summed E-state index contributed by atoms with van der Waals surface area (Å²) in [5.74, 6) is -0.475. The summed E-state index contributed by atoms with van der Waals surface area (Å²) in [5, 5.41) is 12.1. The van der Waals surface area contributed by atoms with E-state index in [1.807, 2.05) is 18.2 Å². The van der Waals surface area contributed by atoms with Crippen LogP contribution in [-0.4, -0.2) is 29.7 Å². The lowest BCUT2D eigenvalue weighted by Crippen LogP contribution is -2.48. The van der Waals surface area contributed by atoms with Crippen LogP contribution in [-0.2, 0) is 11.2 Å². The van der Waals surface area contributed by atoms with Gasteiger partial charge in [-0.3, -0.25) is 4.90 Å². The SMILES string of the molecule is CC(C)CCNC(=O)N1c2ccccc2CC1C(=O)O. The lowest BCUT2D eigenvalue weighted by molar-refractivity contribution is -0.138. The molecule has 0 spiro atoms. The van der Waals surface area contributed by atoms with E-state index in [2.05, 4.69) is 19.2 Å². The Morgan fingerprint density at radius 2 is 2.10 bits per heavy atom. The molecule has 2 N–H and O–H groups in total. The van der Waals surface area contributed by atoms with Gasteiger partial charge >= 0.3 is 12.0 Å². The van der Waals surface area contributed by atoms with Crippen molar-refractivity contribution < 1.29 is 14.7 Å². The Morgan fingerprint density at radius 1 is 1.40 bits per heavy atom. The van der Waals surface area contributed by atoms with Gasteiger partial charge in [-0.25, -0.2) is 9.59 Å². The molecule has 1 heterocycles. The van der Waals surface area contributed by atoms with E-state index in [4.69, 9.17) is 0 Å². The molecule has 1 aliphatic heterocycles. The fourth-order valence-corrected chi connectivity index (χ4v) is 2.39. The van der Waals surface area contributed by atoms with Gasteiger partial charge in [-0.2, -0.15) is 0 Å². The number of carbonyl (C=O) groups excluding carboxylic acids is 1. The smallest absolute Gasteiger partial charge is 0.327 e. The number of urea groups is 1. The highest BCUT2D eigenvalue weighted by Gasteiger charge is 2.38. The molecule has 0 bridgehead atoms. The van der Waals surface area contributed by atoms with E-state index in [1.165, 1.54) is 4.90 Å². The van der Waals surface area contributed by atoms with Crippen molar-refractivity contribution in [2.45, 2.75) is 32.7 Å². The molecular formula is C15H20N2O3. The second-order valence-electron chi connectivity index (χ2n) is 5.47. The number of hydrogen-bond acceptors (Lipinski definition) is 2. The van der Waals surface area contributed by atoms with Crippen molar-refractivity contribution in [2.75, 3.05) is 11.4 Å². The monoisotopic (exact) mass is 276 g/mol.